The first-order valence-corrected chi connectivity index (χ1v) is 12.2. The van der Waals surface area contributed by atoms with Crippen molar-refractivity contribution in [3.63, 3.8) is 0 Å². The summed E-state index contributed by atoms with van der Waals surface area (Å²) in [5.74, 6) is 0. The van der Waals surface area contributed by atoms with Crippen molar-refractivity contribution < 1.29 is 0 Å². The Kier molecular flexibility index (Phi) is 4.22. The van der Waals surface area contributed by atoms with Crippen LogP contribution in [0.2, 0.25) is 0 Å². The van der Waals surface area contributed by atoms with Gasteiger partial charge in [-0.2, -0.15) is 0 Å². The van der Waals surface area contributed by atoms with Crippen molar-refractivity contribution in [2.45, 2.75) is 6.92 Å². The molecule has 0 saturated carbocycles. The Balaban J connectivity index is 1.53. The van der Waals surface area contributed by atoms with Gasteiger partial charge in [-0.3, -0.25) is 0 Å². The summed E-state index contributed by atoms with van der Waals surface area (Å²) < 4.78 is 4.65. The summed E-state index contributed by atoms with van der Waals surface area (Å²) in [5.41, 5.74) is 11.4. The van der Waals surface area contributed by atoms with E-state index in [1.807, 2.05) is 0 Å². The van der Waals surface area contributed by atoms with Gasteiger partial charge in [-0.25, -0.2) is 0 Å². The Bertz CT molecular complexity index is 1930. The van der Waals surface area contributed by atoms with E-state index >= 15 is 0 Å². The van der Waals surface area contributed by atoms with Gasteiger partial charge in [0.2, 0.25) is 0 Å². The zero-order valence-corrected chi connectivity index (χ0v) is 20.2. The number of fused-ring (bicyclic) bond motifs is 6. The average molecular weight is 451 g/mol. The highest BCUT2D eigenvalue weighted by Crippen LogP contribution is 2.40. The maximum absolute atomic E-state index is 2.37. The molecule has 0 atom stereocenters. The Morgan fingerprint density at radius 3 is 1.86 bits per heavy atom. The normalized spacial score (nSPS) is 11.9. The first kappa shape index (κ1) is 20.1. The van der Waals surface area contributed by atoms with E-state index in [1.54, 1.807) is 0 Å². The highest BCUT2D eigenvalue weighted by molar-refractivity contribution is 6.15. The van der Waals surface area contributed by atoms with E-state index in [0.717, 1.165) is 0 Å². The van der Waals surface area contributed by atoms with Gasteiger partial charge >= 0.3 is 0 Å². The van der Waals surface area contributed by atoms with Crippen LogP contribution in [0.15, 0.2) is 103 Å². The van der Waals surface area contributed by atoms with Crippen molar-refractivity contribution >= 4 is 43.6 Å². The monoisotopic (exact) mass is 450 g/mol. The molecular weight excluding hydrogens is 424 g/mol. The molecule has 0 amide bonds. The van der Waals surface area contributed by atoms with Gasteiger partial charge < -0.3 is 9.13 Å². The summed E-state index contributed by atoms with van der Waals surface area (Å²) in [6, 6.07) is 37.8. The third-order valence-electron chi connectivity index (χ3n) is 7.56. The van der Waals surface area contributed by atoms with Crippen molar-refractivity contribution in [1.29, 1.82) is 0 Å². The highest BCUT2D eigenvalue weighted by Gasteiger charge is 2.16. The van der Waals surface area contributed by atoms with E-state index in [1.165, 1.54) is 71.4 Å². The van der Waals surface area contributed by atoms with Gasteiger partial charge in [-0.05, 0) is 53.4 Å². The quantitative estimate of drug-likeness (QED) is 0.249. The van der Waals surface area contributed by atoms with Crippen LogP contribution in [-0.4, -0.2) is 9.13 Å². The second-order valence-electron chi connectivity index (χ2n) is 9.64. The molecule has 0 bridgehead atoms. The molecule has 2 aromatic heterocycles. The fraction of sp³-hybridized carbons (Fsp3) is 0.0909. The van der Waals surface area contributed by atoms with E-state index in [9.17, 15) is 0 Å². The SMILES string of the molecule is Cc1cc(-c2cccc3c2c2ccccc2n3C)cc(-c2cccc3c4ccccc4n(C)c23)c1. The summed E-state index contributed by atoms with van der Waals surface area (Å²) in [7, 11) is 4.35. The number of nitrogens with zero attached hydrogens (tertiary/aromatic N) is 2. The van der Waals surface area contributed by atoms with Gasteiger partial charge in [-0.1, -0.05) is 78.9 Å². The lowest BCUT2D eigenvalue weighted by atomic mass is 9.93. The van der Waals surface area contributed by atoms with Gasteiger partial charge in [0, 0.05) is 57.8 Å². The van der Waals surface area contributed by atoms with Gasteiger partial charge in [0.1, 0.15) is 0 Å². The van der Waals surface area contributed by atoms with Crippen LogP contribution in [0.4, 0.5) is 0 Å². The second-order valence-corrected chi connectivity index (χ2v) is 9.64. The minimum atomic E-state index is 1.26. The molecule has 7 aromatic rings. The van der Waals surface area contributed by atoms with E-state index in [4.69, 9.17) is 0 Å². The fourth-order valence-electron chi connectivity index (χ4n) is 6.01. The van der Waals surface area contributed by atoms with Crippen molar-refractivity contribution in [3.05, 3.63) is 109 Å². The summed E-state index contributed by atoms with van der Waals surface area (Å²) in [4.78, 5) is 0. The van der Waals surface area contributed by atoms with E-state index in [2.05, 4.69) is 133 Å². The Hall–Kier alpha value is -4.30. The van der Waals surface area contributed by atoms with Crippen molar-refractivity contribution in [1.82, 2.24) is 9.13 Å². The van der Waals surface area contributed by atoms with Crippen LogP contribution in [0.5, 0.6) is 0 Å². The molecule has 2 heterocycles. The average Bonchev–Trinajstić information content (AvgIpc) is 3.36. The first-order chi connectivity index (χ1) is 17.1. The summed E-state index contributed by atoms with van der Waals surface area (Å²) in [6.45, 7) is 2.21. The van der Waals surface area contributed by atoms with Gasteiger partial charge in [0.05, 0.1) is 5.52 Å². The van der Waals surface area contributed by atoms with Crippen LogP contribution in [0.25, 0.3) is 65.9 Å². The van der Waals surface area contributed by atoms with Gasteiger partial charge in [0.15, 0.2) is 0 Å². The lowest BCUT2D eigenvalue weighted by Crippen LogP contribution is -1.91. The minimum absolute atomic E-state index is 1.26. The van der Waals surface area contributed by atoms with E-state index in [0.29, 0.717) is 0 Å². The molecule has 0 radical (unpaired) electrons. The molecule has 0 saturated heterocycles. The molecule has 2 nitrogen and oxygen atoms in total. The van der Waals surface area contributed by atoms with Gasteiger partial charge in [-0.15, -0.1) is 0 Å². The zero-order valence-electron chi connectivity index (χ0n) is 20.2. The number of aromatic nitrogens is 2. The topological polar surface area (TPSA) is 9.86 Å². The number of benzene rings is 5. The summed E-state index contributed by atoms with van der Waals surface area (Å²) >= 11 is 0. The van der Waals surface area contributed by atoms with Crippen LogP contribution in [0.1, 0.15) is 5.56 Å². The van der Waals surface area contributed by atoms with Crippen LogP contribution in [0, 0.1) is 6.92 Å². The molecule has 35 heavy (non-hydrogen) atoms. The standard InChI is InChI=1S/C33H26N2/c1-21-18-22(24-12-9-17-31-32(24)28-11-5-7-16-30(28)34(31)2)20-23(19-21)25-13-8-14-27-26-10-4-6-15-29(26)35(3)33(25)27/h4-20H,1-3H3. The first-order valence-electron chi connectivity index (χ1n) is 12.2. The van der Waals surface area contributed by atoms with Crippen LogP contribution in [0.3, 0.4) is 0 Å². The maximum atomic E-state index is 2.37. The summed E-state index contributed by atoms with van der Waals surface area (Å²) in [6.07, 6.45) is 0. The smallest absolute Gasteiger partial charge is 0.0568 e. The van der Waals surface area contributed by atoms with E-state index in [-0.39, 0.29) is 0 Å². The predicted octanol–water partition coefficient (Wildman–Crippen LogP) is 8.62. The molecule has 7 rings (SSSR count). The molecule has 0 aliphatic rings. The number of aryl methyl sites for hydroxylation is 3. The predicted molar refractivity (Wildman–Crippen MR) is 150 cm³/mol. The molecule has 0 aliphatic carbocycles. The van der Waals surface area contributed by atoms with Gasteiger partial charge in [0.25, 0.3) is 0 Å². The molecule has 0 unspecified atom stereocenters. The van der Waals surface area contributed by atoms with Crippen LogP contribution < -0.4 is 0 Å². The molecule has 5 aromatic carbocycles. The molecule has 0 spiro atoms. The number of hydrogen-bond donors (Lipinski definition) is 0. The van der Waals surface area contributed by atoms with Crippen molar-refractivity contribution in [3.8, 4) is 22.3 Å². The minimum Gasteiger partial charge on any atom is -0.344 e. The van der Waals surface area contributed by atoms with Crippen LogP contribution in [-0.2, 0) is 14.1 Å². The second kappa shape index (κ2) is 7.35. The Morgan fingerprint density at radius 2 is 1.06 bits per heavy atom. The maximum Gasteiger partial charge on any atom is 0.0568 e. The third kappa shape index (κ3) is 2.83. The molecule has 168 valence electrons. The largest absolute Gasteiger partial charge is 0.344 e. The van der Waals surface area contributed by atoms with Crippen molar-refractivity contribution in [2.75, 3.05) is 0 Å². The number of para-hydroxylation sites is 3. The van der Waals surface area contributed by atoms with Crippen LogP contribution >= 0.6 is 0 Å². The Morgan fingerprint density at radius 1 is 0.486 bits per heavy atom. The highest BCUT2D eigenvalue weighted by atomic mass is 14.9. The fourth-order valence-corrected chi connectivity index (χ4v) is 6.01. The Labute approximate surface area is 204 Å². The lowest BCUT2D eigenvalue weighted by molar-refractivity contribution is 1.01. The lowest BCUT2D eigenvalue weighted by Gasteiger charge is -2.12. The summed E-state index contributed by atoms with van der Waals surface area (Å²) in [5, 5.41) is 5.24. The number of rotatable bonds is 2. The number of hydrogen-bond acceptors (Lipinski definition) is 0. The third-order valence-corrected chi connectivity index (χ3v) is 7.56. The van der Waals surface area contributed by atoms with Crippen molar-refractivity contribution in [2.24, 2.45) is 14.1 Å². The van der Waals surface area contributed by atoms with E-state index < -0.39 is 0 Å². The molecule has 0 N–H and O–H groups in total. The molecule has 2 heteroatoms. The molecular formula is C33H26N2. The zero-order chi connectivity index (χ0) is 23.7. The molecule has 0 fully saturated rings. The molecule has 0 aliphatic heterocycles.